The normalized spacial score (nSPS) is 24.4. The van der Waals surface area contributed by atoms with Crippen molar-refractivity contribution in [2.75, 3.05) is 13.2 Å². The minimum Gasteiger partial charge on any atom is -0.423 e. The van der Waals surface area contributed by atoms with Crippen LogP contribution in [0.5, 0.6) is 11.8 Å². The molecule has 1 aromatic carbocycles. The van der Waals surface area contributed by atoms with Crippen LogP contribution < -0.4 is 9.46 Å². The summed E-state index contributed by atoms with van der Waals surface area (Å²) >= 11 is 1.16. The van der Waals surface area contributed by atoms with Gasteiger partial charge in [0.2, 0.25) is 10.0 Å². The summed E-state index contributed by atoms with van der Waals surface area (Å²) < 4.78 is 49.4. The Hall–Kier alpha value is -3.17. The zero-order chi connectivity index (χ0) is 23.1. The van der Waals surface area contributed by atoms with Gasteiger partial charge in [0.05, 0.1) is 25.6 Å². The molecule has 0 aliphatic carbocycles. The molecule has 0 amide bonds. The highest BCUT2D eigenvalue weighted by Crippen LogP contribution is 2.36. The Morgan fingerprint density at radius 1 is 1.12 bits per heavy atom. The molecule has 2 aliphatic rings. The van der Waals surface area contributed by atoms with E-state index in [0.717, 1.165) is 17.0 Å². The summed E-state index contributed by atoms with van der Waals surface area (Å²) in [6.07, 6.45) is 4.37. The lowest BCUT2D eigenvalue weighted by Crippen LogP contribution is -2.43. The van der Waals surface area contributed by atoms with Crippen molar-refractivity contribution in [1.82, 2.24) is 34.5 Å². The van der Waals surface area contributed by atoms with Crippen LogP contribution in [-0.4, -0.2) is 69.6 Å². The fraction of sp³-hybridized carbons (Fsp3) is 0.300. The fourth-order valence-electron chi connectivity index (χ4n) is 4.13. The van der Waals surface area contributed by atoms with Crippen LogP contribution in [0.1, 0.15) is 6.04 Å². The van der Waals surface area contributed by atoms with E-state index in [-0.39, 0.29) is 29.5 Å². The van der Waals surface area contributed by atoms with Crippen LogP contribution >= 0.6 is 11.3 Å². The van der Waals surface area contributed by atoms with E-state index in [0.29, 0.717) is 5.75 Å². The third kappa shape index (κ3) is 3.88. The average Bonchev–Trinajstić information content (AvgIpc) is 3.65. The van der Waals surface area contributed by atoms with Crippen LogP contribution in [-0.2, 0) is 19.5 Å². The number of tetrazole rings is 1. The Labute approximate surface area is 198 Å². The molecule has 14 heteroatoms. The van der Waals surface area contributed by atoms with Crippen LogP contribution in [0.15, 0.2) is 64.7 Å². The molecule has 0 unspecified atom stereocenters. The molecule has 2 fully saturated rings. The number of ether oxygens (including phenoxy) is 3. The molecule has 3 aromatic heterocycles. The first-order valence-corrected chi connectivity index (χ1v) is 12.8. The van der Waals surface area contributed by atoms with E-state index in [1.807, 2.05) is 35.0 Å². The lowest BCUT2D eigenvalue weighted by Gasteiger charge is -2.18. The standard InChI is InChI=1S/C20H19N7O5S2/c28-34(29,17-2-1-9-33-17)23-15-10-30-19-16(11-31-18(15)19)27-20(22-24-25-27)32-14-5-3-13(4-6-14)26-8-7-21-12-26/h1-9,12,15-16,18-19,23H,10-11H2/t15-,16-,18+,19+/m0/s1. The van der Waals surface area contributed by atoms with Crippen LogP contribution in [0.25, 0.3) is 5.69 Å². The van der Waals surface area contributed by atoms with Gasteiger partial charge < -0.3 is 18.8 Å². The van der Waals surface area contributed by atoms with Crippen molar-refractivity contribution in [2.24, 2.45) is 0 Å². The van der Waals surface area contributed by atoms with Gasteiger partial charge in [-0.1, -0.05) is 11.2 Å². The average molecular weight is 502 g/mol. The molecule has 1 N–H and O–H groups in total. The Morgan fingerprint density at radius 3 is 2.74 bits per heavy atom. The maximum Gasteiger partial charge on any atom is 0.341 e. The van der Waals surface area contributed by atoms with Gasteiger partial charge in [-0.25, -0.2) is 18.1 Å². The van der Waals surface area contributed by atoms with Crippen molar-refractivity contribution < 1.29 is 22.6 Å². The minimum atomic E-state index is -3.65. The number of sulfonamides is 1. The van der Waals surface area contributed by atoms with Gasteiger partial charge in [-0.3, -0.25) is 0 Å². The summed E-state index contributed by atoms with van der Waals surface area (Å²) in [5.74, 6) is 0.560. The molecular weight excluding hydrogens is 482 g/mol. The summed E-state index contributed by atoms with van der Waals surface area (Å²) in [6, 6.07) is 9.97. The summed E-state index contributed by atoms with van der Waals surface area (Å²) in [5, 5.41) is 13.5. The summed E-state index contributed by atoms with van der Waals surface area (Å²) in [5.41, 5.74) is 0.937. The van der Waals surface area contributed by atoms with Crippen molar-refractivity contribution in [1.29, 1.82) is 0 Å². The van der Waals surface area contributed by atoms with Crippen molar-refractivity contribution in [2.45, 2.75) is 28.5 Å². The predicted octanol–water partition coefficient (Wildman–Crippen LogP) is 1.40. The maximum absolute atomic E-state index is 12.6. The van der Waals surface area contributed by atoms with E-state index < -0.39 is 28.3 Å². The van der Waals surface area contributed by atoms with Gasteiger partial charge in [-0.05, 0) is 46.1 Å². The SMILES string of the molecule is O=S(=O)(N[C@H]1CO[C@H]2[C@@H]1OC[C@@H]2n1nnnc1Oc1ccc(-n2ccnc2)cc1)c1cccs1. The zero-order valence-corrected chi connectivity index (χ0v) is 19.2. The summed E-state index contributed by atoms with van der Waals surface area (Å²) in [6.45, 7) is 0.442. The first kappa shape index (κ1) is 21.4. The maximum atomic E-state index is 12.6. The fourth-order valence-corrected chi connectivity index (χ4v) is 6.37. The molecule has 0 saturated carbocycles. The molecule has 6 rings (SSSR count). The van der Waals surface area contributed by atoms with E-state index in [9.17, 15) is 8.42 Å². The molecule has 2 saturated heterocycles. The van der Waals surface area contributed by atoms with Crippen molar-refractivity contribution in [3.05, 3.63) is 60.5 Å². The molecule has 4 atom stereocenters. The predicted molar refractivity (Wildman–Crippen MR) is 118 cm³/mol. The van der Waals surface area contributed by atoms with Crippen LogP contribution in [0.2, 0.25) is 0 Å². The number of imidazole rings is 1. The van der Waals surface area contributed by atoms with Gasteiger partial charge in [-0.15, -0.1) is 11.3 Å². The third-order valence-electron chi connectivity index (χ3n) is 5.72. The first-order valence-electron chi connectivity index (χ1n) is 10.4. The van der Waals surface area contributed by atoms with Crippen LogP contribution in [0.3, 0.4) is 0 Å². The molecular formula is C20H19N7O5S2. The zero-order valence-electron chi connectivity index (χ0n) is 17.5. The molecule has 176 valence electrons. The molecule has 5 heterocycles. The van der Waals surface area contributed by atoms with E-state index >= 15 is 0 Å². The van der Waals surface area contributed by atoms with Crippen LogP contribution in [0.4, 0.5) is 0 Å². The van der Waals surface area contributed by atoms with E-state index in [1.54, 1.807) is 30.0 Å². The monoisotopic (exact) mass is 501 g/mol. The number of thiophene rings is 1. The smallest absolute Gasteiger partial charge is 0.341 e. The van der Waals surface area contributed by atoms with Gasteiger partial charge in [0.1, 0.15) is 28.2 Å². The highest BCUT2D eigenvalue weighted by molar-refractivity contribution is 7.91. The number of benzene rings is 1. The van der Waals surface area contributed by atoms with Gasteiger partial charge in [-0.2, -0.15) is 4.68 Å². The molecule has 34 heavy (non-hydrogen) atoms. The minimum absolute atomic E-state index is 0.185. The largest absolute Gasteiger partial charge is 0.423 e. The molecule has 2 aliphatic heterocycles. The van der Waals surface area contributed by atoms with Gasteiger partial charge in [0, 0.05) is 18.1 Å². The third-order valence-corrected chi connectivity index (χ3v) is 8.61. The Balaban J connectivity index is 1.16. The second-order valence-corrected chi connectivity index (χ2v) is 10.7. The van der Waals surface area contributed by atoms with E-state index in [4.69, 9.17) is 14.2 Å². The molecule has 0 bridgehead atoms. The van der Waals surface area contributed by atoms with Crippen LogP contribution in [0, 0.1) is 0 Å². The number of fused-ring (bicyclic) bond motifs is 1. The second kappa shape index (κ2) is 8.56. The Morgan fingerprint density at radius 2 is 1.97 bits per heavy atom. The number of nitrogens with one attached hydrogen (secondary N) is 1. The Kier molecular flexibility index (Phi) is 5.38. The number of nitrogens with zero attached hydrogens (tertiary/aromatic N) is 6. The quantitative estimate of drug-likeness (QED) is 0.399. The number of hydrogen-bond acceptors (Lipinski definition) is 10. The molecule has 0 spiro atoms. The van der Waals surface area contributed by atoms with E-state index in [1.165, 1.54) is 4.68 Å². The number of aromatic nitrogens is 6. The van der Waals surface area contributed by atoms with Gasteiger partial charge in [0.25, 0.3) is 0 Å². The lowest BCUT2D eigenvalue weighted by atomic mass is 10.1. The summed E-state index contributed by atoms with van der Waals surface area (Å²) in [4.78, 5) is 4.04. The molecule has 0 radical (unpaired) electrons. The topological polar surface area (TPSA) is 135 Å². The van der Waals surface area contributed by atoms with Crippen molar-refractivity contribution in [3.63, 3.8) is 0 Å². The second-order valence-electron chi connectivity index (χ2n) is 7.80. The van der Waals surface area contributed by atoms with Gasteiger partial charge in [0.15, 0.2) is 0 Å². The number of hydrogen-bond donors (Lipinski definition) is 1. The lowest BCUT2D eigenvalue weighted by molar-refractivity contribution is 0.0615. The van der Waals surface area contributed by atoms with Gasteiger partial charge >= 0.3 is 6.01 Å². The van der Waals surface area contributed by atoms with Crippen molar-refractivity contribution >= 4 is 21.4 Å². The molecule has 4 aromatic rings. The highest BCUT2D eigenvalue weighted by Gasteiger charge is 2.51. The molecule has 12 nitrogen and oxygen atoms in total. The first-order chi connectivity index (χ1) is 16.6. The highest BCUT2D eigenvalue weighted by atomic mass is 32.2. The van der Waals surface area contributed by atoms with Crippen molar-refractivity contribution in [3.8, 4) is 17.4 Å². The Bertz CT molecular complexity index is 1360. The number of rotatable bonds is 7. The summed E-state index contributed by atoms with van der Waals surface area (Å²) in [7, 11) is -3.65. The van der Waals surface area contributed by atoms with E-state index in [2.05, 4.69) is 25.2 Å².